The van der Waals surface area contributed by atoms with Crippen molar-refractivity contribution in [3.05, 3.63) is 53.6 Å². The molecule has 1 aromatic heterocycles. The first-order valence-corrected chi connectivity index (χ1v) is 14.7. The molecule has 0 radical (unpaired) electrons. The Labute approximate surface area is 222 Å². The van der Waals surface area contributed by atoms with Gasteiger partial charge in [-0.3, -0.25) is 0 Å². The van der Waals surface area contributed by atoms with Crippen molar-refractivity contribution in [1.29, 1.82) is 0 Å². The van der Waals surface area contributed by atoms with Gasteiger partial charge in [0.2, 0.25) is 5.95 Å². The lowest BCUT2D eigenvalue weighted by atomic mass is 9.76. The number of carbonyl (C=O) groups excluding carboxylic acids is 1. The van der Waals surface area contributed by atoms with Crippen molar-refractivity contribution >= 4 is 38.5 Å². The third-order valence-electron chi connectivity index (χ3n) is 7.33. The Morgan fingerprint density at radius 3 is 2.74 bits per heavy atom. The van der Waals surface area contributed by atoms with E-state index in [1.807, 2.05) is 42.2 Å². The van der Waals surface area contributed by atoms with E-state index in [1.54, 1.807) is 12.1 Å². The Hall–Kier alpha value is -3.44. The fourth-order valence-electron chi connectivity index (χ4n) is 5.01. The normalized spacial score (nSPS) is 17.7. The first-order valence-electron chi connectivity index (χ1n) is 13.0. The number of carbonyl (C=O) groups is 1. The van der Waals surface area contributed by atoms with Crippen LogP contribution < -0.4 is 20.9 Å². The summed E-state index contributed by atoms with van der Waals surface area (Å²) in [5, 5.41) is 19.2. The number of aliphatic hydroxyl groups excluding tert-OH is 1. The van der Waals surface area contributed by atoms with E-state index in [9.17, 15) is 13.2 Å². The Kier molecular flexibility index (Phi) is 7.40. The zero-order valence-electron chi connectivity index (χ0n) is 21.5. The molecule has 1 aliphatic heterocycles. The van der Waals surface area contributed by atoms with E-state index in [1.165, 1.54) is 0 Å². The van der Waals surface area contributed by atoms with Gasteiger partial charge in [-0.05, 0) is 56.4 Å². The molecular weight excluding hydrogens is 504 g/mol. The lowest BCUT2D eigenvalue weighted by Crippen LogP contribution is -2.60. The van der Waals surface area contributed by atoms with Crippen molar-refractivity contribution in [2.75, 3.05) is 42.2 Å². The minimum Gasteiger partial charge on any atom is -0.396 e. The van der Waals surface area contributed by atoms with Crippen LogP contribution in [0.4, 0.5) is 16.6 Å². The van der Waals surface area contributed by atoms with Crippen LogP contribution in [0.15, 0.2) is 47.4 Å². The van der Waals surface area contributed by atoms with Crippen LogP contribution in [0.3, 0.4) is 0 Å². The van der Waals surface area contributed by atoms with E-state index in [-0.39, 0.29) is 30.5 Å². The molecule has 4 N–H and O–H groups in total. The number of benzene rings is 2. The zero-order chi connectivity index (χ0) is 26.8. The smallest absolute Gasteiger partial charge is 0.315 e. The van der Waals surface area contributed by atoms with Gasteiger partial charge in [0, 0.05) is 38.2 Å². The lowest BCUT2D eigenvalue weighted by Gasteiger charge is -2.42. The molecule has 2 aromatic carbocycles. The van der Waals surface area contributed by atoms with E-state index in [2.05, 4.69) is 16.0 Å². The summed E-state index contributed by atoms with van der Waals surface area (Å²) in [7, 11) is -3.40. The number of aryl methyl sites for hydroxylation is 1. The van der Waals surface area contributed by atoms with Crippen LogP contribution in [-0.4, -0.2) is 67.1 Å². The second kappa shape index (κ2) is 10.7. The van der Waals surface area contributed by atoms with Crippen LogP contribution in [0.1, 0.15) is 36.8 Å². The molecule has 0 saturated heterocycles. The highest BCUT2D eigenvalue weighted by molar-refractivity contribution is 7.91. The Balaban J connectivity index is 1.42. The number of amides is 2. The molecule has 202 valence electrons. The quantitative estimate of drug-likeness (QED) is 0.322. The van der Waals surface area contributed by atoms with Crippen LogP contribution in [0.2, 0.25) is 0 Å². The summed E-state index contributed by atoms with van der Waals surface area (Å²) in [4.78, 5) is 24.4. The second-order valence-electron chi connectivity index (χ2n) is 10.2. The van der Waals surface area contributed by atoms with Crippen LogP contribution in [-0.2, 0) is 16.4 Å². The molecular formula is C27H34N6O4S. The molecule has 0 atom stereocenters. The van der Waals surface area contributed by atoms with Crippen LogP contribution in [0.25, 0.3) is 10.9 Å². The Morgan fingerprint density at radius 1 is 1.16 bits per heavy atom. The molecule has 3 aromatic rings. The average Bonchev–Trinajstić information content (AvgIpc) is 3.01. The van der Waals surface area contributed by atoms with Crippen LogP contribution in [0, 0.1) is 6.92 Å². The fraction of sp³-hybridized carbons (Fsp3) is 0.444. The van der Waals surface area contributed by atoms with Gasteiger partial charge in [0.15, 0.2) is 9.84 Å². The van der Waals surface area contributed by atoms with Gasteiger partial charge >= 0.3 is 6.03 Å². The van der Waals surface area contributed by atoms with Gasteiger partial charge in [-0.2, -0.15) is 4.98 Å². The number of hydrogen-bond donors (Lipinski definition) is 4. The summed E-state index contributed by atoms with van der Waals surface area (Å²) in [6.07, 6.45) is 3.23. The average molecular weight is 539 g/mol. The molecule has 10 nitrogen and oxygen atoms in total. The van der Waals surface area contributed by atoms with E-state index < -0.39 is 9.84 Å². The summed E-state index contributed by atoms with van der Waals surface area (Å²) in [5.74, 6) is 1.11. The van der Waals surface area contributed by atoms with Crippen molar-refractivity contribution in [3.8, 4) is 0 Å². The number of hydrogen-bond acceptors (Lipinski definition) is 8. The molecule has 2 aliphatic rings. The number of rotatable bonds is 8. The number of nitrogens with one attached hydrogen (secondary N) is 3. The third kappa shape index (κ3) is 5.53. The standard InChI is InChI=1S/C27H34N6O4S/c1-19-8-9-22-21(16-19)24(29-18-27(10-4-11-27)32-26(35)28-12-5-14-34)31-25(30-22)33-13-15-38(36,37)23-7-3-2-6-20(23)17-33/h2-3,6-9,16,34H,4-5,10-15,17-18H2,1H3,(H2,28,32,35)(H,29,30,31). The maximum absolute atomic E-state index is 12.9. The topological polar surface area (TPSA) is 137 Å². The van der Waals surface area contributed by atoms with Gasteiger partial charge < -0.3 is 26.0 Å². The summed E-state index contributed by atoms with van der Waals surface area (Å²) in [5.41, 5.74) is 2.18. The molecule has 0 spiro atoms. The van der Waals surface area contributed by atoms with Gasteiger partial charge in [0.25, 0.3) is 0 Å². The van der Waals surface area contributed by atoms with Crippen LogP contribution >= 0.6 is 0 Å². The maximum atomic E-state index is 12.9. The summed E-state index contributed by atoms with van der Waals surface area (Å²) in [6, 6.07) is 12.8. The molecule has 11 heteroatoms. The minimum absolute atomic E-state index is 0.0134. The van der Waals surface area contributed by atoms with Crippen molar-refractivity contribution in [2.45, 2.75) is 49.6 Å². The molecule has 0 unspecified atom stereocenters. The summed E-state index contributed by atoms with van der Waals surface area (Å²) >= 11 is 0. The predicted octanol–water partition coefficient (Wildman–Crippen LogP) is 2.75. The molecule has 2 amide bonds. The Morgan fingerprint density at radius 2 is 1.97 bits per heavy atom. The number of urea groups is 1. The van der Waals surface area contributed by atoms with E-state index in [0.29, 0.717) is 42.7 Å². The van der Waals surface area contributed by atoms with E-state index >= 15 is 0 Å². The van der Waals surface area contributed by atoms with Gasteiger partial charge in [-0.25, -0.2) is 18.2 Å². The van der Waals surface area contributed by atoms with Crippen molar-refractivity contribution in [3.63, 3.8) is 0 Å². The van der Waals surface area contributed by atoms with Gasteiger partial charge in [0.1, 0.15) is 5.82 Å². The van der Waals surface area contributed by atoms with Gasteiger partial charge in [0.05, 0.1) is 21.7 Å². The Bertz CT molecular complexity index is 1440. The SMILES string of the molecule is Cc1ccc2nc(N3CCS(=O)(=O)c4ccccc4C3)nc(NCC3(NC(=O)NCCCO)CCC3)c2c1. The number of aliphatic hydroxyl groups is 1. The molecule has 2 heterocycles. The number of sulfone groups is 1. The first-order chi connectivity index (χ1) is 18.3. The highest BCUT2D eigenvalue weighted by atomic mass is 32.2. The molecule has 1 fully saturated rings. The fourth-order valence-corrected chi connectivity index (χ4v) is 6.51. The highest BCUT2D eigenvalue weighted by Crippen LogP contribution is 2.34. The number of nitrogens with zero attached hydrogens (tertiary/aromatic N) is 3. The predicted molar refractivity (Wildman–Crippen MR) is 147 cm³/mol. The van der Waals surface area contributed by atoms with Crippen molar-refractivity contribution < 1.29 is 18.3 Å². The van der Waals surface area contributed by atoms with Gasteiger partial charge in [-0.15, -0.1) is 0 Å². The maximum Gasteiger partial charge on any atom is 0.315 e. The third-order valence-corrected chi connectivity index (χ3v) is 9.11. The number of fused-ring (bicyclic) bond motifs is 2. The second-order valence-corrected chi connectivity index (χ2v) is 12.3. The van der Waals surface area contributed by atoms with E-state index in [4.69, 9.17) is 15.1 Å². The monoisotopic (exact) mass is 538 g/mol. The molecule has 1 saturated carbocycles. The zero-order valence-corrected chi connectivity index (χ0v) is 22.4. The first kappa shape index (κ1) is 26.2. The molecule has 1 aliphatic carbocycles. The van der Waals surface area contributed by atoms with Crippen LogP contribution in [0.5, 0.6) is 0 Å². The lowest BCUT2D eigenvalue weighted by molar-refractivity contribution is 0.185. The minimum atomic E-state index is -3.40. The van der Waals surface area contributed by atoms with E-state index in [0.717, 1.165) is 41.3 Å². The van der Waals surface area contributed by atoms with Crippen molar-refractivity contribution in [1.82, 2.24) is 20.6 Å². The van der Waals surface area contributed by atoms with Gasteiger partial charge in [-0.1, -0.05) is 29.8 Å². The highest BCUT2D eigenvalue weighted by Gasteiger charge is 2.38. The molecule has 5 rings (SSSR count). The van der Waals surface area contributed by atoms with Crippen molar-refractivity contribution in [2.24, 2.45) is 0 Å². The largest absolute Gasteiger partial charge is 0.396 e. The number of anilines is 2. The molecule has 0 bridgehead atoms. The summed E-state index contributed by atoms with van der Waals surface area (Å²) in [6.45, 7) is 3.64. The molecule has 38 heavy (non-hydrogen) atoms. The summed E-state index contributed by atoms with van der Waals surface area (Å²) < 4.78 is 25.8. The number of aromatic nitrogens is 2.